The molecule has 2 aromatic heterocycles. The zero-order valence-electron chi connectivity index (χ0n) is 18.6. The maximum Gasteiger partial charge on any atom is 0.254 e. The highest BCUT2D eigenvalue weighted by atomic mass is 19.3. The summed E-state index contributed by atoms with van der Waals surface area (Å²) in [6, 6.07) is 0. The van der Waals surface area contributed by atoms with Crippen molar-refractivity contribution in [3.8, 4) is 0 Å². The Balaban J connectivity index is 1.51. The molecule has 31 heavy (non-hydrogen) atoms. The Morgan fingerprint density at radius 3 is 2.39 bits per heavy atom. The molecule has 0 radical (unpaired) electrons. The van der Waals surface area contributed by atoms with Crippen LogP contribution in [-0.2, 0) is 11.8 Å². The van der Waals surface area contributed by atoms with Crippen LogP contribution in [0.15, 0.2) is 18.6 Å². The molecule has 8 nitrogen and oxygen atoms in total. The predicted octanol–water partition coefficient (Wildman–Crippen LogP) is 2.98. The zero-order chi connectivity index (χ0) is 22.6. The first kappa shape index (κ1) is 21.5. The van der Waals surface area contributed by atoms with Crippen LogP contribution in [0.4, 0.5) is 26.2 Å². The van der Waals surface area contributed by atoms with Gasteiger partial charge < -0.3 is 15.1 Å². The van der Waals surface area contributed by atoms with E-state index in [1.54, 1.807) is 22.0 Å². The van der Waals surface area contributed by atoms with Gasteiger partial charge in [0.05, 0.1) is 18.3 Å². The largest absolute Gasteiger partial charge is 0.355 e. The number of nitrogens with zero attached hydrogens (tertiary/aromatic N) is 6. The molecule has 0 bridgehead atoms. The number of amides is 1. The molecule has 2 aliphatic rings. The molecule has 2 aliphatic heterocycles. The summed E-state index contributed by atoms with van der Waals surface area (Å²) in [7, 11) is 1.84. The second-order valence-corrected chi connectivity index (χ2v) is 9.70. The van der Waals surface area contributed by atoms with Crippen molar-refractivity contribution in [2.45, 2.75) is 40.0 Å². The summed E-state index contributed by atoms with van der Waals surface area (Å²) in [6.07, 6.45) is 4.60. The Labute approximate surface area is 180 Å². The van der Waals surface area contributed by atoms with Crippen molar-refractivity contribution in [1.29, 1.82) is 0 Å². The summed E-state index contributed by atoms with van der Waals surface area (Å²) < 4.78 is 28.4. The summed E-state index contributed by atoms with van der Waals surface area (Å²) in [5.74, 6) is -2.13. The van der Waals surface area contributed by atoms with E-state index in [0.717, 1.165) is 24.0 Å². The fourth-order valence-electron chi connectivity index (χ4n) is 4.79. The lowest BCUT2D eigenvalue weighted by Gasteiger charge is -2.29. The number of hydrogen-bond donors (Lipinski definition) is 1. The van der Waals surface area contributed by atoms with Gasteiger partial charge in [0.15, 0.2) is 0 Å². The first-order valence-electron chi connectivity index (χ1n) is 10.4. The van der Waals surface area contributed by atoms with Gasteiger partial charge in [0, 0.05) is 62.0 Å². The third-order valence-corrected chi connectivity index (χ3v) is 6.64. The van der Waals surface area contributed by atoms with Gasteiger partial charge in [-0.15, -0.1) is 0 Å². The van der Waals surface area contributed by atoms with Gasteiger partial charge in [0.1, 0.15) is 5.82 Å². The maximum absolute atomic E-state index is 13.3. The highest BCUT2D eigenvalue weighted by molar-refractivity contribution is 5.77. The van der Waals surface area contributed by atoms with Crippen LogP contribution >= 0.6 is 0 Å². The maximum atomic E-state index is 13.3. The number of fused-ring (bicyclic) bond motifs is 1. The molecule has 2 fully saturated rings. The van der Waals surface area contributed by atoms with Crippen LogP contribution in [0.2, 0.25) is 0 Å². The van der Waals surface area contributed by atoms with Crippen LogP contribution in [0, 0.1) is 17.8 Å². The summed E-state index contributed by atoms with van der Waals surface area (Å²) in [6.45, 7) is 9.37. The van der Waals surface area contributed by atoms with Crippen LogP contribution in [-0.4, -0.2) is 62.7 Å². The van der Waals surface area contributed by atoms with Gasteiger partial charge in [-0.2, -0.15) is 10.1 Å². The molecule has 0 aliphatic carbocycles. The van der Waals surface area contributed by atoms with E-state index < -0.39 is 18.3 Å². The Morgan fingerprint density at radius 2 is 1.84 bits per heavy atom. The van der Waals surface area contributed by atoms with Crippen molar-refractivity contribution in [3.63, 3.8) is 0 Å². The minimum atomic E-state index is -2.99. The lowest BCUT2D eigenvalue weighted by atomic mass is 9.71. The van der Waals surface area contributed by atoms with Gasteiger partial charge in [-0.05, 0) is 13.8 Å². The second kappa shape index (κ2) is 7.13. The van der Waals surface area contributed by atoms with Gasteiger partial charge in [0.2, 0.25) is 11.9 Å². The number of anilines is 3. The Morgan fingerprint density at radius 1 is 1.19 bits per heavy atom. The summed E-state index contributed by atoms with van der Waals surface area (Å²) in [4.78, 5) is 25.3. The highest BCUT2D eigenvalue weighted by Crippen LogP contribution is 2.52. The molecule has 2 aromatic rings. The van der Waals surface area contributed by atoms with Gasteiger partial charge in [-0.3, -0.25) is 9.48 Å². The van der Waals surface area contributed by atoms with Crippen LogP contribution < -0.4 is 10.2 Å². The number of rotatable bonds is 5. The first-order valence-corrected chi connectivity index (χ1v) is 10.4. The van der Waals surface area contributed by atoms with E-state index in [2.05, 4.69) is 34.1 Å². The molecule has 1 amide bonds. The molecule has 2 saturated heterocycles. The minimum Gasteiger partial charge on any atom is -0.355 e. The molecule has 2 atom stereocenters. The van der Waals surface area contributed by atoms with Crippen LogP contribution in [0.3, 0.4) is 0 Å². The molecule has 4 rings (SSSR count). The third kappa shape index (κ3) is 4.07. The molecular formula is C21H29F2N7O. The van der Waals surface area contributed by atoms with Gasteiger partial charge in [-0.25, -0.2) is 13.8 Å². The second-order valence-electron chi connectivity index (χ2n) is 9.70. The fourth-order valence-corrected chi connectivity index (χ4v) is 4.79. The minimum absolute atomic E-state index is 0.208. The van der Waals surface area contributed by atoms with E-state index in [1.165, 1.54) is 0 Å². The molecule has 10 heteroatoms. The SMILES string of the molecule is Cc1cnc(Nc2cnn(C)c2)nc1N1C[C@]2(C)CN(C(=O)CC(C)(F)F)C[C@]2(C)C1. The lowest BCUT2D eigenvalue weighted by molar-refractivity contribution is -0.137. The number of likely N-dealkylation sites (tertiary alicyclic amines) is 1. The Bertz CT molecular complexity index is 984. The smallest absolute Gasteiger partial charge is 0.254 e. The monoisotopic (exact) mass is 433 g/mol. The normalized spacial score (nSPS) is 25.8. The van der Waals surface area contributed by atoms with E-state index in [-0.39, 0.29) is 10.8 Å². The van der Waals surface area contributed by atoms with Crippen molar-refractivity contribution >= 4 is 23.4 Å². The van der Waals surface area contributed by atoms with Gasteiger partial charge in [-0.1, -0.05) is 13.8 Å². The highest BCUT2D eigenvalue weighted by Gasteiger charge is 2.59. The molecule has 0 spiro atoms. The molecular weight excluding hydrogens is 404 g/mol. The molecule has 1 N–H and O–H groups in total. The quantitative estimate of drug-likeness (QED) is 0.781. The van der Waals surface area contributed by atoms with Crippen LogP contribution in [0.25, 0.3) is 0 Å². The van der Waals surface area contributed by atoms with E-state index >= 15 is 0 Å². The third-order valence-electron chi connectivity index (χ3n) is 6.64. The summed E-state index contributed by atoms with van der Waals surface area (Å²) in [5.41, 5.74) is 1.35. The van der Waals surface area contributed by atoms with Crippen LogP contribution in [0.5, 0.6) is 0 Å². The van der Waals surface area contributed by atoms with E-state index in [4.69, 9.17) is 4.98 Å². The summed E-state index contributed by atoms with van der Waals surface area (Å²) in [5, 5.41) is 7.31. The fraction of sp³-hybridized carbons (Fsp3) is 0.619. The number of carbonyl (C=O) groups excluding carboxylic acids is 1. The summed E-state index contributed by atoms with van der Waals surface area (Å²) >= 11 is 0. The molecule has 0 aromatic carbocycles. The van der Waals surface area contributed by atoms with E-state index in [1.807, 2.05) is 20.2 Å². The van der Waals surface area contributed by atoms with Crippen molar-refractivity contribution < 1.29 is 13.6 Å². The standard InChI is InChI=1S/C21H29F2N7O/c1-14-7-24-18(26-15-8-25-28(5)9-15)27-17(14)30-12-19(2)10-29(11-20(19,3)13-30)16(31)6-21(4,22)23/h7-9H,6,10-13H2,1-5H3,(H,24,26,27)/t19-,20+. The number of aromatic nitrogens is 4. The van der Waals surface area contributed by atoms with Crippen LogP contribution in [0.1, 0.15) is 32.8 Å². The molecule has 0 saturated carbocycles. The first-order chi connectivity index (χ1) is 14.4. The van der Waals surface area contributed by atoms with E-state index in [9.17, 15) is 13.6 Å². The lowest BCUT2D eigenvalue weighted by Crippen LogP contribution is -2.38. The predicted molar refractivity (Wildman–Crippen MR) is 114 cm³/mol. The van der Waals surface area contributed by atoms with Crippen molar-refractivity contribution in [2.75, 3.05) is 36.4 Å². The number of nitrogens with one attached hydrogen (secondary N) is 1. The van der Waals surface area contributed by atoms with Crippen molar-refractivity contribution in [1.82, 2.24) is 24.6 Å². The average Bonchev–Trinajstić information content (AvgIpc) is 3.23. The molecule has 4 heterocycles. The number of hydrogen-bond acceptors (Lipinski definition) is 6. The topological polar surface area (TPSA) is 79.2 Å². The number of carbonyl (C=O) groups is 1. The zero-order valence-corrected chi connectivity index (χ0v) is 18.6. The van der Waals surface area contributed by atoms with E-state index in [0.29, 0.717) is 32.1 Å². The van der Waals surface area contributed by atoms with Crippen molar-refractivity contribution in [3.05, 3.63) is 24.2 Å². The number of aryl methyl sites for hydroxylation is 2. The molecule has 168 valence electrons. The van der Waals surface area contributed by atoms with Gasteiger partial charge in [0.25, 0.3) is 5.92 Å². The average molecular weight is 434 g/mol. The Hall–Kier alpha value is -2.78. The number of alkyl halides is 2. The number of halogens is 2. The molecule has 0 unspecified atom stereocenters. The van der Waals surface area contributed by atoms with Gasteiger partial charge >= 0.3 is 0 Å². The van der Waals surface area contributed by atoms with Crippen molar-refractivity contribution in [2.24, 2.45) is 17.9 Å². The Kier molecular flexibility index (Phi) is 4.94.